The van der Waals surface area contributed by atoms with Crippen LogP contribution in [0.2, 0.25) is 0 Å². The van der Waals surface area contributed by atoms with Gasteiger partial charge in [0.25, 0.3) is 0 Å². The van der Waals surface area contributed by atoms with Crippen molar-refractivity contribution < 1.29 is 8.42 Å². The van der Waals surface area contributed by atoms with Crippen LogP contribution in [0, 0.1) is 5.92 Å². The summed E-state index contributed by atoms with van der Waals surface area (Å²) in [4.78, 5) is 0. The maximum Gasteiger partial charge on any atom is 0.214 e. The highest BCUT2D eigenvalue weighted by molar-refractivity contribution is 9.09. The quantitative estimate of drug-likeness (QED) is 0.646. The van der Waals surface area contributed by atoms with Crippen molar-refractivity contribution in [3.05, 3.63) is 0 Å². The normalized spacial score (nSPS) is 12.7. The average Bonchev–Trinajstić information content (AvgIpc) is 2.15. The van der Waals surface area contributed by atoms with Crippen LogP contribution in [0.5, 0.6) is 0 Å². The summed E-state index contributed by atoms with van der Waals surface area (Å²) in [5.74, 6) is 0.713. The number of rotatable bonds is 8. The molecule has 0 bridgehead atoms. The average molecular weight is 300 g/mol. The third kappa shape index (κ3) is 6.53. The van der Waals surface area contributed by atoms with Gasteiger partial charge in [0.2, 0.25) is 10.0 Å². The van der Waals surface area contributed by atoms with Gasteiger partial charge in [0.05, 0.1) is 5.75 Å². The molecule has 0 amide bonds. The Morgan fingerprint density at radius 2 is 1.87 bits per heavy atom. The van der Waals surface area contributed by atoms with Gasteiger partial charge in [0, 0.05) is 18.4 Å². The number of halogens is 1. The van der Waals surface area contributed by atoms with Gasteiger partial charge in [-0.25, -0.2) is 12.7 Å². The molecule has 0 heterocycles. The monoisotopic (exact) mass is 299 g/mol. The van der Waals surface area contributed by atoms with E-state index in [2.05, 4.69) is 15.9 Å². The number of sulfonamides is 1. The Morgan fingerprint density at radius 3 is 2.27 bits per heavy atom. The number of hydrogen-bond acceptors (Lipinski definition) is 2. The fraction of sp³-hybridized carbons (Fsp3) is 1.00. The van der Waals surface area contributed by atoms with Crippen molar-refractivity contribution in [1.29, 1.82) is 0 Å². The molecule has 15 heavy (non-hydrogen) atoms. The largest absolute Gasteiger partial charge is 0.214 e. The zero-order chi connectivity index (χ0) is 11.9. The lowest BCUT2D eigenvalue weighted by Gasteiger charge is -2.21. The molecule has 0 rings (SSSR count). The molecule has 5 heteroatoms. The third-order valence-corrected chi connectivity index (χ3v) is 4.41. The standard InChI is InChI=1S/C10H22BrNO2S/c1-4-7-12(8-6-11)15(13,14)9-5-10(2)3/h10H,4-9H2,1-3H3. The predicted octanol–water partition coefficient (Wildman–Crippen LogP) is 2.47. The summed E-state index contributed by atoms with van der Waals surface area (Å²) >= 11 is 3.29. The molecule has 3 nitrogen and oxygen atoms in total. The molecule has 0 aliphatic rings. The molecule has 0 unspecified atom stereocenters. The van der Waals surface area contributed by atoms with Gasteiger partial charge in [-0.05, 0) is 18.8 Å². The maximum atomic E-state index is 11.9. The van der Waals surface area contributed by atoms with E-state index < -0.39 is 10.0 Å². The highest BCUT2D eigenvalue weighted by Gasteiger charge is 2.20. The first-order valence-corrected chi connectivity index (χ1v) is 8.20. The lowest BCUT2D eigenvalue weighted by molar-refractivity contribution is 0.426. The van der Waals surface area contributed by atoms with E-state index in [0.717, 1.165) is 12.8 Å². The van der Waals surface area contributed by atoms with Crippen molar-refractivity contribution in [2.75, 3.05) is 24.2 Å². The van der Waals surface area contributed by atoms with Crippen molar-refractivity contribution in [1.82, 2.24) is 4.31 Å². The Labute approximate surface area is 102 Å². The van der Waals surface area contributed by atoms with Crippen LogP contribution < -0.4 is 0 Å². The highest BCUT2D eigenvalue weighted by Crippen LogP contribution is 2.09. The summed E-state index contributed by atoms with van der Waals surface area (Å²) in [6, 6.07) is 0. The summed E-state index contributed by atoms with van der Waals surface area (Å²) in [7, 11) is -3.04. The van der Waals surface area contributed by atoms with Gasteiger partial charge in [-0.2, -0.15) is 0 Å². The van der Waals surface area contributed by atoms with Gasteiger partial charge < -0.3 is 0 Å². The van der Waals surface area contributed by atoms with E-state index in [1.54, 1.807) is 4.31 Å². The van der Waals surface area contributed by atoms with Gasteiger partial charge in [0.1, 0.15) is 0 Å². The van der Waals surface area contributed by atoms with E-state index in [9.17, 15) is 8.42 Å². The highest BCUT2D eigenvalue weighted by atomic mass is 79.9. The Hall–Kier alpha value is 0.390. The molecule has 0 aliphatic carbocycles. The van der Waals surface area contributed by atoms with E-state index in [1.165, 1.54) is 0 Å². The third-order valence-electron chi connectivity index (χ3n) is 2.15. The summed E-state index contributed by atoms with van der Waals surface area (Å²) in [5.41, 5.74) is 0. The minimum absolute atomic E-state index is 0.275. The molecule has 0 atom stereocenters. The molecule has 0 aromatic carbocycles. The topological polar surface area (TPSA) is 37.4 Å². The van der Waals surface area contributed by atoms with Crippen molar-refractivity contribution in [3.63, 3.8) is 0 Å². The first kappa shape index (κ1) is 15.4. The van der Waals surface area contributed by atoms with Crippen molar-refractivity contribution in [2.45, 2.75) is 33.6 Å². The lowest BCUT2D eigenvalue weighted by Crippen LogP contribution is -2.35. The zero-order valence-corrected chi connectivity index (χ0v) is 12.3. The van der Waals surface area contributed by atoms with E-state index >= 15 is 0 Å². The fourth-order valence-electron chi connectivity index (χ4n) is 1.25. The lowest BCUT2D eigenvalue weighted by atomic mass is 10.2. The molecule has 92 valence electrons. The first-order valence-electron chi connectivity index (χ1n) is 5.47. The minimum atomic E-state index is -3.04. The number of alkyl halides is 1. The van der Waals surface area contributed by atoms with Gasteiger partial charge in [-0.3, -0.25) is 0 Å². The molecule has 0 spiro atoms. The second kappa shape index (κ2) is 7.63. The summed E-state index contributed by atoms with van der Waals surface area (Å²) in [6.07, 6.45) is 1.61. The van der Waals surface area contributed by atoms with Crippen LogP contribution in [-0.2, 0) is 10.0 Å². The number of nitrogens with zero attached hydrogens (tertiary/aromatic N) is 1. The van der Waals surface area contributed by atoms with Crippen LogP contribution in [0.4, 0.5) is 0 Å². The second-order valence-electron chi connectivity index (χ2n) is 4.09. The Balaban J connectivity index is 4.35. The molecule has 0 aliphatic heterocycles. The van der Waals surface area contributed by atoms with Gasteiger partial charge in [-0.1, -0.05) is 36.7 Å². The van der Waals surface area contributed by atoms with E-state index in [1.807, 2.05) is 20.8 Å². The molecule has 0 aromatic rings. The zero-order valence-electron chi connectivity index (χ0n) is 9.87. The summed E-state index contributed by atoms with van der Waals surface area (Å²) in [6.45, 7) is 7.30. The molecule has 0 saturated heterocycles. The van der Waals surface area contributed by atoms with Crippen LogP contribution in [-0.4, -0.2) is 36.9 Å². The van der Waals surface area contributed by atoms with E-state index in [-0.39, 0.29) is 5.75 Å². The SMILES string of the molecule is CCCN(CCBr)S(=O)(=O)CCC(C)C. The van der Waals surface area contributed by atoms with Gasteiger partial charge in [-0.15, -0.1) is 0 Å². The molecule has 0 N–H and O–H groups in total. The first-order chi connectivity index (χ1) is 6.94. The van der Waals surface area contributed by atoms with Crippen LogP contribution in [0.1, 0.15) is 33.6 Å². The van der Waals surface area contributed by atoms with Crippen LogP contribution in [0.25, 0.3) is 0 Å². The summed E-state index contributed by atoms with van der Waals surface area (Å²) < 4.78 is 25.4. The van der Waals surface area contributed by atoms with E-state index in [4.69, 9.17) is 0 Å². The van der Waals surface area contributed by atoms with Crippen molar-refractivity contribution in [2.24, 2.45) is 5.92 Å². The Bertz CT molecular complexity index is 246. The number of hydrogen-bond donors (Lipinski definition) is 0. The fourth-order valence-corrected chi connectivity index (χ4v) is 3.77. The molecular weight excluding hydrogens is 278 g/mol. The van der Waals surface area contributed by atoms with Gasteiger partial charge >= 0.3 is 0 Å². The second-order valence-corrected chi connectivity index (χ2v) is 6.97. The molecule has 0 saturated carbocycles. The van der Waals surface area contributed by atoms with Gasteiger partial charge in [0.15, 0.2) is 0 Å². The molecule has 0 fully saturated rings. The molecular formula is C10H22BrNO2S. The smallest absolute Gasteiger partial charge is 0.212 e. The predicted molar refractivity (Wildman–Crippen MR) is 68.9 cm³/mol. The van der Waals surface area contributed by atoms with Crippen LogP contribution >= 0.6 is 15.9 Å². The van der Waals surface area contributed by atoms with Crippen LogP contribution in [0.3, 0.4) is 0 Å². The Kier molecular flexibility index (Phi) is 7.83. The summed E-state index contributed by atoms with van der Waals surface area (Å²) in [5, 5.41) is 0.702. The Morgan fingerprint density at radius 1 is 1.27 bits per heavy atom. The maximum absolute atomic E-state index is 11.9. The molecule has 0 aromatic heterocycles. The van der Waals surface area contributed by atoms with E-state index in [0.29, 0.717) is 24.3 Å². The van der Waals surface area contributed by atoms with Crippen molar-refractivity contribution >= 4 is 26.0 Å². The van der Waals surface area contributed by atoms with Crippen LogP contribution in [0.15, 0.2) is 0 Å². The minimum Gasteiger partial charge on any atom is -0.212 e. The molecule has 0 radical (unpaired) electrons. The van der Waals surface area contributed by atoms with Crippen molar-refractivity contribution in [3.8, 4) is 0 Å².